The van der Waals surface area contributed by atoms with Gasteiger partial charge in [0, 0.05) is 11.5 Å². The maximum Gasteiger partial charge on any atom is 0.0131 e. The van der Waals surface area contributed by atoms with Crippen molar-refractivity contribution in [1.82, 2.24) is 0 Å². The van der Waals surface area contributed by atoms with Crippen molar-refractivity contribution >= 4 is 12.4 Å². The molecule has 1 atom stereocenters. The minimum Gasteiger partial charge on any atom is -0.327 e. The van der Waals surface area contributed by atoms with E-state index in [1.807, 2.05) is 0 Å². The highest BCUT2D eigenvalue weighted by molar-refractivity contribution is 5.85. The normalized spacial score (nSPS) is 13.0. The molecule has 0 radical (unpaired) electrons. The summed E-state index contributed by atoms with van der Waals surface area (Å²) in [6.07, 6.45) is 3.55. The van der Waals surface area contributed by atoms with Crippen molar-refractivity contribution in [3.8, 4) is 0 Å². The largest absolute Gasteiger partial charge is 0.327 e. The van der Waals surface area contributed by atoms with Gasteiger partial charge in [-0.25, -0.2) is 0 Å². The van der Waals surface area contributed by atoms with E-state index in [0.29, 0.717) is 0 Å². The van der Waals surface area contributed by atoms with Crippen LogP contribution in [0.1, 0.15) is 45.6 Å². The van der Waals surface area contributed by atoms with Crippen LogP contribution >= 0.6 is 12.4 Å². The quantitative estimate of drug-likeness (QED) is 0.831. The molecule has 1 rings (SSSR count). The number of halogens is 1. The third kappa shape index (κ3) is 3.80. The summed E-state index contributed by atoms with van der Waals surface area (Å²) < 4.78 is 0. The lowest BCUT2D eigenvalue weighted by Crippen LogP contribution is -2.40. The Morgan fingerprint density at radius 3 is 2.25 bits per heavy atom. The van der Waals surface area contributed by atoms with Crippen LogP contribution in [0, 0.1) is 0 Å². The van der Waals surface area contributed by atoms with Gasteiger partial charge in [-0.05, 0) is 12.0 Å². The molecule has 0 saturated heterocycles. The molecule has 0 aliphatic carbocycles. The van der Waals surface area contributed by atoms with Crippen molar-refractivity contribution in [2.45, 2.75) is 51.5 Å². The monoisotopic (exact) mass is 241 g/mol. The summed E-state index contributed by atoms with van der Waals surface area (Å²) in [5.74, 6) is 0. The van der Waals surface area contributed by atoms with Crippen LogP contribution in [0.4, 0.5) is 0 Å². The van der Waals surface area contributed by atoms with Gasteiger partial charge < -0.3 is 5.73 Å². The van der Waals surface area contributed by atoms with E-state index in [2.05, 4.69) is 51.1 Å². The second kappa shape index (κ2) is 6.93. The van der Waals surface area contributed by atoms with Gasteiger partial charge in [-0.3, -0.25) is 0 Å². The van der Waals surface area contributed by atoms with Gasteiger partial charge in [0.05, 0.1) is 0 Å². The molecule has 1 aromatic rings. The summed E-state index contributed by atoms with van der Waals surface area (Å²) >= 11 is 0. The van der Waals surface area contributed by atoms with E-state index < -0.39 is 0 Å². The van der Waals surface area contributed by atoms with Crippen molar-refractivity contribution in [1.29, 1.82) is 0 Å². The van der Waals surface area contributed by atoms with E-state index in [-0.39, 0.29) is 23.9 Å². The molecule has 16 heavy (non-hydrogen) atoms. The first-order valence-electron chi connectivity index (χ1n) is 5.90. The number of hydrogen-bond donors (Lipinski definition) is 1. The van der Waals surface area contributed by atoms with Crippen molar-refractivity contribution in [3.05, 3.63) is 35.9 Å². The van der Waals surface area contributed by atoms with Crippen LogP contribution in [0.2, 0.25) is 0 Å². The molecule has 2 heteroatoms. The second-order valence-electron chi connectivity index (χ2n) is 4.84. The average molecular weight is 242 g/mol. The van der Waals surface area contributed by atoms with Gasteiger partial charge in [0.1, 0.15) is 0 Å². The Kier molecular flexibility index (Phi) is 6.70. The smallest absolute Gasteiger partial charge is 0.0131 e. The van der Waals surface area contributed by atoms with Crippen molar-refractivity contribution in [2.24, 2.45) is 5.73 Å². The second-order valence-corrected chi connectivity index (χ2v) is 4.84. The van der Waals surface area contributed by atoms with Crippen LogP contribution in [-0.4, -0.2) is 6.04 Å². The van der Waals surface area contributed by atoms with Gasteiger partial charge in [-0.2, -0.15) is 0 Å². The molecule has 0 amide bonds. The van der Waals surface area contributed by atoms with Crippen LogP contribution in [0.15, 0.2) is 30.3 Å². The molecule has 0 aromatic heterocycles. The van der Waals surface area contributed by atoms with Gasteiger partial charge in [-0.1, -0.05) is 63.9 Å². The van der Waals surface area contributed by atoms with E-state index in [1.165, 1.54) is 18.4 Å². The van der Waals surface area contributed by atoms with Gasteiger partial charge in [0.25, 0.3) is 0 Å². The Labute approximate surface area is 106 Å². The first-order chi connectivity index (χ1) is 7.09. The summed E-state index contributed by atoms with van der Waals surface area (Å²) in [4.78, 5) is 0. The lowest BCUT2D eigenvalue weighted by Gasteiger charge is -2.32. The Morgan fingerprint density at radius 1 is 1.19 bits per heavy atom. The van der Waals surface area contributed by atoms with Gasteiger partial charge >= 0.3 is 0 Å². The first-order valence-corrected chi connectivity index (χ1v) is 5.90. The molecule has 0 fully saturated rings. The highest BCUT2D eigenvalue weighted by Gasteiger charge is 2.27. The Morgan fingerprint density at radius 2 is 1.75 bits per heavy atom. The molecule has 0 saturated carbocycles. The molecular weight excluding hydrogens is 218 g/mol. The maximum atomic E-state index is 6.27. The van der Waals surface area contributed by atoms with E-state index in [0.717, 1.165) is 6.42 Å². The zero-order valence-electron chi connectivity index (χ0n) is 10.6. The van der Waals surface area contributed by atoms with Crippen molar-refractivity contribution in [2.75, 3.05) is 0 Å². The fourth-order valence-electron chi connectivity index (χ4n) is 1.87. The van der Waals surface area contributed by atoms with Crippen molar-refractivity contribution < 1.29 is 0 Å². The van der Waals surface area contributed by atoms with Gasteiger partial charge in [0.2, 0.25) is 0 Å². The highest BCUT2D eigenvalue weighted by Crippen LogP contribution is 2.28. The topological polar surface area (TPSA) is 26.0 Å². The van der Waals surface area contributed by atoms with Crippen molar-refractivity contribution in [3.63, 3.8) is 0 Å². The predicted molar refractivity (Wildman–Crippen MR) is 74.2 cm³/mol. The molecule has 0 bridgehead atoms. The summed E-state index contributed by atoms with van der Waals surface area (Å²) in [7, 11) is 0. The maximum absolute atomic E-state index is 6.27. The SMILES string of the molecule is CCCCC(N)C(C)(C)c1ccccc1.Cl. The summed E-state index contributed by atoms with van der Waals surface area (Å²) in [6, 6.07) is 10.8. The molecule has 1 unspecified atom stereocenters. The van der Waals surface area contributed by atoms with E-state index in [1.54, 1.807) is 0 Å². The van der Waals surface area contributed by atoms with Crippen LogP contribution in [0.25, 0.3) is 0 Å². The Hall–Kier alpha value is -0.530. The number of unbranched alkanes of at least 4 members (excludes halogenated alkanes) is 1. The fraction of sp³-hybridized carbons (Fsp3) is 0.571. The summed E-state index contributed by atoms with van der Waals surface area (Å²) in [5.41, 5.74) is 7.69. The molecule has 0 heterocycles. The zero-order chi connectivity index (χ0) is 11.3. The zero-order valence-corrected chi connectivity index (χ0v) is 11.4. The Balaban J connectivity index is 0.00000225. The molecule has 0 aliphatic rings. The standard InChI is InChI=1S/C14H23N.ClH/c1-4-5-11-13(15)14(2,3)12-9-7-6-8-10-12;/h6-10,13H,4-5,11,15H2,1-3H3;1H. The molecule has 1 aromatic carbocycles. The van der Waals surface area contributed by atoms with Crippen LogP contribution < -0.4 is 5.73 Å². The number of benzene rings is 1. The number of hydrogen-bond acceptors (Lipinski definition) is 1. The minimum atomic E-state index is 0. The van der Waals surface area contributed by atoms with E-state index in [4.69, 9.17) is 5.73 Å². The van der Waals surface area contributed by atoms with Gasteiger partial charge in [0.15, 0.2) is 0 Å². The van der Waals surface area contributed by atoms with E-state index >= 15 is 0 Å². The number of rotatable bonds is 5. The third-order valence-corrected chi connectivity index (χ3v) is 3.31. The minimum absolute atomic E-state index is 0. The Bertz CT molecular complexity index is 282. The van der Waals surface area contributed by atoms with Crippen LogP contribution in [0.5, 0.6) is 0 Å². The number of nitrogens with two attached hydrogens (primary N) is 1. The lowest BCUT2D eigenvalue weighted by atomic mass is 9.76. The fourth-order valence-corrected chi connectivity index (χ4v) is 1.87. The highest BCUT2D eigenvalue weighted by atomic mass is 35.5. The first kappa shape index (κ1) is 15.5. The molecule has 1 nitrogen and oxygen atoms in total. The van der Waals surface area contributed by atoms with Gasteiger partial charge in [-0.15, -0.1) is 12.4 Å². The molecule has 0 aliphatic heterocycles. The molecular formula is C14H24ClN. The molecule has 0 spiro atoms. The predicted octanol–water partition coefficient (Wildman–Crippen LogP) is 3.90. The third-order valence-electron chi connectivity index (χ3n) is 3.31. The van der Waals surface area contributed by atoms with Crippen LogP contribution in [0.3, 0.4) is 0 Å². The molecule has 2 N–H and O–H groups in total. The average Bonchev–Trinajstić information content (AvgIpc) is 2.27. The van der Waals surface area contributed by atoms with Crippen LogP contribution in [-0.2, 0) is 5.41 Å². The molecule has 92 valence electrons. The lowest BCUT2D eigenvalue weighted by molar-refractivity contribution is 0.380. The van der Waals surface area contributed by atoms with E-state index in [9.17, 15) is 0 Å². The summed E-state index contributed by atoms with van der Waals surface area (Å²) in [6.45, 7) is 6.69. The summed E-state index contributed by atoms with van der Waals surface area (Å²) in [5, 5.41) is 0.